The molecule has 0 aliphatic carbocycles. The van der Waals surface area contributed by atoms with E-state index in [2.05, 4.69) is 9.97 Å². The van der Waals surface area contributed by atoms with E-state index in [0.717, 1.165) is 0 Å². The van der Waals surface area contributed by atoms with Crippen LogP contribution in [0.15, 0.2) is 30.5 Å². The summed E-state index contributed by atoms with van der Waals surface area (Å²) < 4.78 is 5.17. The van der Waals surface area contributed by atoms with Crippen LogP contribution >= 0.6 is 11.6 Å². The molecule has 0 atom stereocenters. The van der Waals surface area contributed by atoms with E-state index < -0.39 is 5.97 Å². The van der Waals surface area contributed by atoms with E-state index in [1.54, 1.807) is 18.2 Å². The Morgan fingerprint density at radius 1 is 1.39 bits per heavy atom. The molecule has 0 saturated heterocycles. The van der Waals surface area contributed by atoms with E-state index in [1.165, 1.54) is 19.4 Å². The molecule has 0 aliphatic rings. The van der Waals surface area contributed by atoms with Gasteiger partial charge in [-0.05, 0) is 24.3 Å². The lowest BCUT2D eigenvalue weighted by atomic mass is 10.2. The third-order valence-corrected chi connectivity index (χ3v) is 2.51. The van der Waals surface area contributed by atoms with Crippen molar-refractivity contribution in [2.45, 2.75) is 0 Å². The van der Waals surface area contributed by atoms with Crippen LogP contribution < -0.4 is 4.74 Å². The fourth-order valence-electron chi connectivity index (χ4n) is 1.46. The first kappa shape index (κ1) is 12.3. The smallest absolute Gasteiger partial charge is 0.354 e. The number of aromatic carboxylic acids is 1. The second-order valence-electron chi connectivity index (χ2n) is 3.42. The number of ether oxygens (including phenoxy) is 1. The quantitative estimate of drug-likeness (QED) is 0.922. The summed E-state index contributed by atoms with van der Waals surface area (Å²) in [5.74, 6) is -0.333. The summed E-state index contributed by atoms with van der Waals surface area (Å²) in [6.07, 6.45) is 1.39. The number of nitrogens with zero attached hydrogens (tertiary/aromatic N) is 2. The standard InChI is InChI=1S/C12H9ClN2O3/c1-18-10-6-7(13)2-3-8(10)11-14-5-4-9(15-11)12(16)17/h2-6H,1H3,(H,16,17). The van der Waals surface area contributed by atoms with Gasteiger partial charge in [-0.1, -0.05) is 11.6 Å². The van der Waals surface area contributed by atoms with Crippen LogP contribution in [-0.4, -0.2) is 28.2 Å². The van der Waals surface area contributed by atoms with Gasteiger partial charge in [-0.15, -0.1) is 0 Å². The van der Waals surface area contributed by atoms with Crippen molar-refractivity contribution in [1.29, 1.82) is 0 Å². The molecule has 0 aliphatic heterocycles. The van der Waals surface area contributed by atoms with Gasteiger partial charge in [-0.2, -0.15) is 0 Å². The second-order valence-corrected chi connectivity index (χ2v) is 3.85. The monoisotopic (exact) mass is 264 g/mol. The summed E-state index contributed by atoms with van der Waals surface area (Å²) in [5.41, 5.74) is 0.516. The Hall–Kier alpha value is -2.14. The maximum atomic E-state index is 10.9. The molecule has 0 radical (unpaired) electrons. The zero-order chi connectivity index (χ0) is 13.1. The molecule has 1 heterocycles. The van der Waals surface area contributed by atoms with Crippen molar-refractivity contribution in [3.8, 4) is 17.1 Å². The molecule has 1 N–H and O–H groups in total. The highest BCUT2D eigenvalue weighted by Crippen LogP contribution is 2.30. The van der Waals surface area contributed by atoms with E-state index in [0.29, 0.717) is 16.3 Å². The van der Waals surface area contributed by atoms with Gasteiger partial charge in [0.2, 0.25) is 0 Å². The van der Waals surface area contributed by atoms with Crippen molar-refractivity contribution in [2.24, 2.45) is 0 Å². The fraction of sp³-hybridized carbons (Fsp3) is 0.0833. The molecule has 0 unspecified atom stereocenters. The van der Waals surface area contributed by atoms with Crippen molar-refractivity contribution in [1.82, 2.24) is 9.97 Å². The highest BCUT2D eigenvalue weighted by Gasteiger charge is 2.12. The summed E-state index contributed by atoms with van der Waals surface area (Å²) in [6.45, 7) is 0. The van der Waals surface area contributed by atoms with E-state index in [-0.39, 0.29) is 11.5 Å². The molecule has 92 valence electrons. The van der Waals surface area contributed by atoms with Crippen LogP contribution in [0.5, 0.6) is 5.75 Å². The van der Waals surface area contributed by atoms with Gasteiger partial charge in [0.25, 0.3) is 0 Å². The number of hydrogen-bond donors (Lipinski definition) is 1. The second kappa shape index (κ2) is 5.01. The first-order valence-corrected chi connectivity index (χ1v) is 5.40. The maximum Gasteiger partial charge on any atom is 0.354 e. The molecule has 2 rings (SSSR count). The number of benzene rings is 1. The van der Waals surface area contributed by atoms with Crippen LogP contribution in [-0.2, 0) is 0 Å². The number of aromatic nitrogens is 2. The number of hydrogen-bond acceptors (Lipinski definition) is 4. The van der Waals surface area contributed by atoms with E-state index in [9.17, 15) is 4.79 Å². The molecular weight excluding hydrogens is 256 g/mol. The molecule has 0 amide bonds. The predicted molar refractivity (Wildman–Crippen MR) is 66.0 cm³/mol. The third-order valence-electron chi connectivity index (χ3n) is 2.28. The molecule has 0 spiro atoms. The minimum Gasteiger partial charge on any atom is -0.496 e. The van der Waals surface area contributed by atoms with Crippen molar-refractivity contribution < 1.29 is 14.6 Å². The molecular formula is C12H9ClN2O3. The van der Waals surface area contributed by atoms with Gasteiger partial charge in [0, 0.05) is 11.2 Å². The number of rotatable bonds is 3. The summed E-state index contributed by atoms with van der Waals surface area (Å²) >= 11 is 5.85. The molecule has 0 saturated carbocycles. The van der Waals surface area contributed by atoms with Crippen LogP contribution in [0.1, 0.15) is 10.5 Å². The first-order chi connectivity index (χ1) is 8.61. The van der Waals surface area contributed by atoms with E-state index >= 15 is 0 Å². The molecule has 1 aromatic carbocycles. The Morgan fingerprint density at radius 3 is 2.83 bits per heavy atom. The van der Waals surface area contributed by atoms with Crippen LogP contribution in [0.25, 0.3) is 11.4 Å². The Bertz CT molecular complexity index is 602. The van der Waals surface area contributed by atoms with E-state index in [4.69, 9.17) is 21.4 Å². The van der Waals surface area contributed by atoms with Crippen molar-refractivity contribution in [3.05, 3.63) is 41.2 Å². The predicted octanol–water partition coefficient (Wildman–Crippen LogP) is 2.50. The Kier molecular flexibility index (Phi) is 3.43. The topological polar surface area (TPSA) is 72.3 Å². The fourth-order valence-corrected chi connectivity index (χ4v) is 1.62. The molecule has 0 fully saturated rings. The highest BCUT2D eigenvalue weighted by molar-refractivity contribution is 6.30. The summed E-state index contributed by atoms with van der Waals surface area (Å²) in [5, 5.41) is 9.40. The summed E-state index contributed by atoms with van der Waals surface area (Å²) in [7, 11) is 1.50. The van der Waals surface area contributed by atoms with Gasteiger partial charge < -0.3 is 9.84 Å². The zero-order valence-corrected chi connectivity index (χ0v) is 10.2. The SMILES string of the molecule is COc1cc(Cl)ccc1-c1nccc(C(=O)O)n1. The number of carboxylic acid groups (broad SMARTS) is 1. The minimum atomic E-state index is -1.11. The minimum absolute atomic E-state index is 0.0722. The molecule has 18 heavy (non-hydrogen) atoms. The molecule has 1 aromatic heterocycles. The highest BCUT2D eigenvalue weighted by atomic mass is 35.5. The number of carbonyl (C=O) groups is 1. The molecule has 2 aromatic rings. The Balaban J connectivity index is 2.54. The van der Waals surface area contributed by atoms with Crippen LogP contribution in [0.4, 0.5) is 0 Å². The molecule has 5 nitrogen and oxygen atoms in total. The van der Waals surface area contributed by atoms with Gasteiger partial charge in [0.15, 0.2) is 11.5 Å². The van der Waals surface area contributed by atoms with Gasteiger partial charge >= 0.3 is 5.97 Å². The first-order valence-electron chi connectivity index (χ1n) is 5.02. The van der Waals surface area contributed by atoms with Gasteiger partial charge in [0.1, 0.15) is 5.75 Å². The third kappa shape index (κ3) is 2.41. The van der Waals surface area contributed by atoms with Gasteiger partial charge in [-0.25, -0.2) is 14.8 Å². The van der Waals surface area contributed by atoms with E-state index in [1.807, 2.05) is 0 Å². The van der Waals surface area contributed by atoms with Gasteiger partial charge in [0.05, 0.1) is 12.7 Å². The summed E-state index contributed by atoms with van der Waals surface area (Å²) in [6, 6.07) is 6.29. The van der Waals surface area contributed by atoms with Crippen molar-refractivity contribution >= 4 is 17.6 Å². The van der Waals surface area contributed by atoms with Gasteiger partial charge in [-0.3, -0.25) is 0 Å². The maximum absolute atomic E-state index is 10.9. The normalized spacial score (nSPS) is 10.1. The van der Waals surface area contributed by atoms with Crippen LogP contribution in [0.2, 0.25) is 5.02 Å². The lowest BCUT2D eigenvalue weighted by Gasteiger charge is -2.07. The molecule has 0 bridgehead atoms. The van der Waals surface area contributed by atoms with Crippen molar-refractivity contribution in [3.63, 3.8) is 0 Å². The van der Waals surface area contributed by atoms with Crippen molar-refractivity contribution in [2.75, 3.05) is 7.11 Å². The number of halogens is 1. The Labute approximate surface area is 108 Å². The lowest BCUT2D eigenvalue weighted by molar-refractivity contribution is 0.0690. The average Bonchev–Trinajstić information content (AvgIpc) is 2.38. The zero-order valence-electron chi connectivity index (χ0n) is 9.42. The van der Waals surface area contributed by atoms with Crippen LogP contribution in [0.3, 0.4) is 0 Å². The average molecular weight is 265 g/mol. The lowest BCUT2D eigenvalue weighted by Crippen LogP contribution is -2.02. The van der Waals surface area contributed by atoms with Crippen LogP contribution in [0, 0.1) is 0 Å². The Morgan fingerprint density at radius 2 is 2.17 bits per heavy atom. The number of methoxy groups -OCH3 is 1. The largest absolute Gasteiger partial charge is 0.496 e. The number of carboxylic acids is 1. The summed E-state index contributed by atoms with van der Waals surface area (Å²) in [4.78, 5) is 18.8. The molecule has 6 heteroatoms.